The van der Waals surface area contributed by atoms with Crippen molar-refractivity contribution in [2.45, 2.75) is 0 Å². The highest BCUT2D eigenvalue weighted by atomic mass is 19.2. The van der Waals surface area contributed by atoms with Crippen LogP contribution in [-0.4, -0.2) is 23.1 Å². The van der Waals surface area contributed by atoms with Gasteiger partial charge in [0.05, 0.1) is 16.8 Å². The lowest BCUT2D eigenvalue weighted by Gasteiger charge is -2.14. The first kappa shape index (κ1) is 22.2. The van der Waals surface area contributed by atoms with Gasteiger partial charge in [-0.2, -0.15) is 0 Å². The van der Waals surface area contributed by atoms with Crippen molar-refractivity contribution >= 4 is 69.1 Å². The molecular weight excluding hydrogens is 485 g/mol. The maximum Gasteiger partial charge on any atom is 0.680 e. The Morgan fingerprint density at radius 1 is 0.711 bits per heavy atom. The summed E-state index contributed by atoms with van der Waals surface area (Å²) in [7, 11) is -3.05. The molecular formula is C30H17BF2N2O3. The molecule has 1 amide bonds. The minimum absolute atomic E-state index is 0.0462. The topological polar surface area (TPSA) is 59.5 Å². The number of aromatic nitrogens is 1. The van der Waals surface area contributed by atoms with E-state index < -0.39 is 13.3 Å². The smallest absolute Gasteiger partial charge is 0.453 e. The van der Waals surface area contributed by atoms with Crippen molar-refractivity contribution < 1.29 is 22.3 Å². The molecule has 0 saturated carbocycles. The monoisotopic (exact) mass is 502 g/mol. The molecule has 0 aliphatic carbocycles. The summed E-state index contributed by atoms with van der Waals surface area (Å²) < 4.78 is 40.9. The summed E-state index contributed by atoms with van der Waals surface area (Å²) in [6.45, 7) is 0. The van der Waals surface area contributed by atoms with Gasteiger partial charge in [-0.3, -0.25) is 18.2 Å². The maximum absolute atomic E-state index is 14.2. The van der Waals surface area contributed by atoms with Crippen LogP contribution in [0.2, 0.25) is 0 Å². The van der Waals surface area contributed by atoms with Gasteiger partial charge in [-0.15, -0.1) is 0 Å². The fourth-order valence-electron chi connectivity index (χ4n) is 4.91. The lowest BCUT2D eigenvalue weighted by molar-refractivity contribution is 0.0901. The Balaban J connectivity index is 1.52. The number of hydrogen-bond acceptors (Lipinski definition) is 4. The Bertz CT molecular complexity index is 2010. The lowest BCUT2D eigenvalue weighted by atomic mass is 10.1. The number of carbonyl (C=O) groups excluding carboxylic acids is 1. The van der Waals surface area contributed by atoms with Gasteiger partial charge in [-0.05, 0) is 42.5 Å². The van der Waals surface area contributed by atoms with Gasteiger partial charge in [-0.25, -0.2) is 4.98 Å². The summed E-state index contributed by atoms with van der Waals surface area (Å²) in [6.07, 6.45) is 1.50. The van der Waals surface area contributed by atoms with E-state index >= 15 is 0 Å². The number of amides is 1. The van der Waals surface area contributed by atoms with Gasteiger partial charge in [0.1, 0.15) is 11.2 Å². The van der Waals surface area contributed by atoms with E-state index in [9.17, 15) is 13.4 Å². The van der Waals surface area contributed by atoms with Gasteiger partial charge in [0, 0.05) is 27.4 Å². The number of pyridine rings is 1. The van der Waals surface area contributed by atoms with Crippen LogP contribution in [0.15, 0.2) is 106 Å². The van der Waals surface area contributed by atoms with Gasteiger partial charge < -0.3 is 8.83 Å². The number of halogens is 2. The van der Waals surface area contributed by atoms with Crippen LogP contribution in [0, 0.1) is 0 Å². The predicted octanol–water partition coefficient (Wildman–Crippen LogP) is 7.88. The fraction of sp³-hybridized carbons (Fsp3) is 0. The summed E-state index contributed by atoms with van der Waals surface area (Å²) >= 11 is 0. The van der Waals surface area contributed by atoms with Crippen LogP contribution in [0.1, 0.15) is 21.6 Å². The Hall–Kier alpha value is -4.98. The van der Waals surface area contributed by atoms with E-state index in [4.69, 9.17) is 8.83 Å². The first-order valence-electron chi connectivity index (χ1n) is 12.0. The van der Waals surface area contributed by atoms with Crippen LogP contribution in [0.25, 0.3) is 55.8 Å². The van der Waals surface area contributed by atoms with Gasteiger partial charge in [0.25, 0.3) is 5.91 Å². The van der Waals surface area contributed by atoms with Crippen LogP contribution < -0.4 is 0 Å². The molecule has 4 aromatic carbocycles. The highest BCUT2D eigenvalue weighted by molar-refractivity contribution is 6.49. The zero-order valence-electron chi connectivity index (χ0n) is 19.8. The number of rotatable bonds is 2. The van der Waals surface area contributed by atoms with E-state index in [-0.39, 0.29) is 16.8 Å². The third-order valence-corrected chi connectivity index (χ3v) is 6.67. The molecule has 1 aliphatic rings. The molecule has 0 spiro atoms. The molecule has 0 saturated heterocycles. The lowest BCUT2D eigenvalue weighted by Crippen LogP contribution is -2.32. The number of hydrogen-bond donors (Lipinski definition) is 0. The molecule has 1 aliphatic heterocycles. The average Bonchev–Trinajstić information content (AvgIpc) is 3.18. The normalized spacial score (nSPS) is 14.1. The van der Waals surface area contributed by atoms with Gasteiger partial charge >= 0.3 is 7.40 Å². The number of benzene rings is 4. The number of nitrogens with zero attached hydrogens (tertiary/aromatic N) is 2. The van der Waals surface area contributed by atoms with Crippen molar-refractivity contribution in [3.05, 3.63) is 114 Å². The Labute approximate surface area is 215 Å². The first-order valence-corrected chi connectivity index (χ1v) is 12.0. The zero-order chi connectivity index (χ0) is 25.8. The molecule has 7 rings (SSSR count). The molecule has 0 fully saturated rings. The SMILES string of the molecule is O=C1c2cc3oc4ccccc4c4ccccc4oc3cc2C(=Cc2ccc3ccccc3n2)N1B(F)F. The molecule has 0 radical (unpaired) electrons. The van der Waals surface area contributed by atoms with Crippen LogP contribution in [-0.2, 0) is 0 Å². The van der Waals surface area contributed by atoms with E-state index in [1.807, 2.05) is 78.9 Å². The van der Waals surface area contributed by atoms with Gasteiger partial charge in [0.2, 0.25) is 0 Å². The molecule has 8 heteroatoms. The summed E-state index contributed by atoms with van der Waals surface area (Å²) in [6, 6.07) is 29.2. The maximum atomic E-state index is 14.2. The summed E-state index contributed by atoms with van der Waals surface area (Å²) in [5.41, 5.74) is 3.37. The molecule has 5 nitrogen and oxygen atoms in total. The molecule has 0 N–H and O–H groups in total. The number of para-hydroxylation sites is 3. The Morgan fingerprint density at radius 3 is 2.00 bits per heavy atom. The fourth-order valence-corrected chi connectivity index (χ4v) is 4.91. The molecule has 3 heterocycles. The summed E-state index contributed by atoms with van der Waals surface area (Å²) in [5, 5.41) is 2.57. The Morgan fingerprint density at radius 2 is 1.32 bits per heavy atom. The summed E-state index contributed by atoms with van der Waals surface area (Å²) in [5.74, 6) is -0.816. The second-order valence-electron chi connectivity index (χ2n) is 8.95. The highest BCUT2D eigenvalue weighted by Crippen LogP contribution is 2.39. The third-order valence-electron chi connectivity index (χ3n) is 6.67. The largest absolute Gasteiger partial charge is 0.680 e. The van der Waals surface area contributed by atoms with Crippen molar-refractivity contribution in [3.63, 3.8) is 0 Å². The first-order chi connectivity index (χ1) is 18.6. The van der Waals surface area contributed by atoms with Crippen LogP contribution in [0.3, 0.4) is 0 Å². The quantitative estimate of drug-likeness (QED) is 0.226. The molecule has 38 heavy (non-hydrogen) atoms. The molecule has 0 atom stereocenters. The second-order valence-corrected chi connectivity index (χ2v) is 8.95. The second kappa shape index (κ2) is 8.56. The van der Waals surface area contributed by atoms with Crippen molar-refractivity contribution in [2.75, 3.05) is 0 Å². The molecule has 6 aromatic rings. The molecule has 182 valence electrons. The molecule has 0 unspecified atom stereocenters. The van der Waals surface area contributed by atoms with Crippen LogP contribution >= 0.6 is 0 Å². The van der Waals surface area contributed by atoms with Crippen molar-refractivity contribution in [1.29, 1.82) is 0 Å². The molecule has 2 aromatic heterocycles. The van der Waals surface area contributed by atoms with E-state index in [0.717, 1.165) is 21.7 Å². The minimum Gasteiger partial charge on any atom is -0.453 e. The number of carbonyl (C=O) groups is 1. The standard InChI is InChI=1S/C30H17BF2N2O3/c32-31(33)35-25(15-19-14-13-18-7-1-4-10-24(18)34-19)22-16-28-29(17-23(22)30(35)36)38-27-12-6-3-9-21(27)20-8-2-5-11-26(20)37-28/h1-17H. The number of fused-ring (bicyclic) bond motifs is 6. The van der Waals surface area contributed by atoms with Crippen molar-refractivity contribution in [1.82, 2.24) is 9.79 Å². The summed E-state index contributed by atoms with van der Waals surface area (Å²) in [4.78, 5) is 18.3. The predicted molar refractivity (Wildman–Crippen MR) is 145 cm³/mol. The average molecular weight is 502 g/mol. The third kappa shape index (κ3) is 3.53. The van der Waals surface area contributed by atoms with E-state index in [0.29, 0.717) is 32.8 Å². The van der Waals surface area contributed by atoms with Crippen molar-refractivity contribution in [3.8, 4) is 0 Å². The van der Waals surface area contributed by atoms with E-state index in [1.54, 1.807) is 12.1 Å². The zero-order valence-corrected chi connectivity index (χ0v) is 19.8. The van der Waals surface area contributed by atoms with Crippen LogP contribution in [0.4, 0.5) is 8.63 Å². The minimum atomic E-state index is -3.05. The highest BCUT2D eigenvalue weighted by Gasteiger charge is 2.42. The van der Waals surface area contributed by atoms with Gasteiger partial charge in [-0.1, -0.05) is 60.7 Å². The van der Waals surface area contributed by atoms with Gasteiger partial charge in [0.15, 0.2) is 11.2 Å². The molecule has 0 bridgehead atoms. The van der Waals surface area contributed by atoms with Crippen molar-refractivity contribution in [2.24, 2.45) is 0 Å². The van der Waals surface area contributed by atoms with E-state index in [1.165, 1.54) is 12.1 Å². The Kier molecular flexibility index (Phi) is 5.01. The van der Waals surface area contributed by atoms with Crippen LogP contribution in [0.5, 0.6) is 0 Å². The van der Waals surface area contributed by atoms with E-state index in [2.05, 4.69) is 4.98 Å².